The third-order valence-electron chi connectivity index (χ3n) is 5.74. The van der Waals surface area contributed by atoms with Crippen molar-refractivity contribution in [3.63, 3.8) is 0 Å². The number of benzene rings is 2. The number of nitrogens with zero attached hydrogens (tertiary/aromatic N) is 3. The number of hydrogen-bond acceptors (Lipinski definition) is 6. The van der Waals surface area contributed by atoms with Gasteiger partial charge in [-0.25, -0.2) is 0 Å². The molecule has 0 saturated heterocycles. The minimum Gasteiger partial charge on any atom is -0.282 e. The molecule has 2 N–H and O–H groups in total. The molecule has 0 saturated carbocycles. The van der Waals surface area contributed by atoms with Crippen LogP contribution >= 0.6 is 0 Å². The van der Waals surface area contributed by atoms with E-state index in [1.54, 1.807) is 32.1 Å². The van der Waals surface area contributed by atoms with E-state index in [0.717, 1.165) is 11.1 Å². The van der Waals surface area contributed by atoms with Gasteiger partial charge in [0.1, 0.15) is 23.3 Å². The zero-order chi connectivity index (χ0) is 27.7. The van der Waals surface area contributed by atoms with E-state index in [0.29, 0.717) is 23.3 Å². The summed E-state index contributed by atoms with van der Waals surface area (Å²) in [5.41, 5.74) is 4.20. The molecule has 0 fully saturated rings. The Kier molecular flexibility index (Phi) is 7.52. The maximum Gasteiger partial charge on any atom is 0.295 e. The van der Waals surface area contributed by atoms with Crippen LogP contribution in [-0.2, 0) is 26.7 Å². The van der Waals surface area contributed by atoms with Crippen molar-refractivity contribution in [1.82, 2.24) is 15.0 Å². The SMILES string of the molecule is Bc1ccc(/C=C/c2ccc(-n3nc4c(n3)C/C=C(C)\C=C/C(=C)/C=C\4)cc2S(=O)(=O)O)c(S(=O)(=O)O)c1. The summed E-state index contributed by atoms with van der Waals surface area (Å²) in [7, 11) is -7.53. The van der Waals surface area contributed by atoms with E-state index < -0.39 is 25.1 Å². The summed E-state index contributed by atoms with van der Waals surface area (Å²) >= 11 is 0. The fourth-order valence-corrected chi connectivity index (χ4v) is 5.21. The molecule has 12 heteroatoms. The first-order chi connectivity index (χ1) is 17.8. The van der Waals surface area contributed by atoms with Crippen LogP contribution in [0.5, 0.6) is 0 Å². The molecule has 3 aromatic rings. The summed E-state index contributed by atoms with van der Waals surface area (Å²) in [4.78, 5) is 0.540. The number of hydrogen-bond donors (Lipinski definition) is 2. The van der Waals surface area contributed by atoms with Crippen LogP contribution in [0, 0.1) is 0 Å². The van der Waals surface area contributed by atoms with Gasteiger partial charge in [0, 0.05) is 6.42 Å². The van der Waals surface area contributed by atoms with Crippen molar-refractivity contribution in [2.24, 2.45) is 0 Å². The van der Waals surface area contributed by atoms with E-state index in [9.17, 15) is 25.9 Å². The largest absolute Gasteiger partial charge is 0.295 e. The molecule has 0 amide bonds. The van der Waals surface area contributed by atoms with Gasteiger partial charge in [-0.2, -0.15) is 26.7 Å². The summed E-state index contributed by atoms with van der Waals surface area (Å²) in [6.07, 6.45) is 12.6. The van der Waals surface area contributed by atoms with E-state index in [1.165, 1.54) is 41.2 Å². The molecule has 1 aromatic heterocycles. The molecule has 0 aliphatic heterocycles. The zero-order valence-electron chi connectivity index (χ0n) is 20.6. The Morgan fingerprint density at radius 3 is 2.16 bits per heavy atom. The van der Waals surface area contributed by atoms with Gasteiger partial charge < -0.3 is 0 Å². The second-order valence-electron chi connectivity index (χ2n) is 8.76. The second kappa shape index (κ2) is 10.5. The van der Waals surface area contributed by atoms with Gasteiger partial charge in [-0.3, -0.25) is 9.11 Å². The molecule has 1 heterocycles. The van der Waals surface area contributed by atoms with Gasteiger partial charge in [-0.1, -0.05) is 72.3 Å². The third-order valence-corrected chi connectivity index (χ3v) is 7.56. The average Bonchev–Trinajstić information content (AvgIpc) is 3.26. The number of aromatic nitrogens is 3. The molecule has 0 bridgehead atoms. The van der Waals surface area contributed by atoms with Gasteiger partial charge >= 0.3 is 0 Å². The van der Waals surface area contributed by atoms with E-state index in [-0.39, 0.29) is 21.7 Å². The molecule has 4 rings (SSSR count). The minimum absolute atomic E-state index is 0.0948. The second-order valence-corrected chi connectivity index (χ2v) is 11.5. The molecule has 1 aliphatic carbocycles. The number of allylic oxidation sites excluding steroid dienone is 6. The van der Waals surface area contributed by atoms with E-state index in [1.807, 2.05) is 25.2 Å². The minimum atomic E-state index is -4.68. The summed E-state index contributed by atoms with van der Waals surface area (Å²) in [6, 6.07) is 8.68. The van der Waals surface area contributed by atoms with Crippen molar-refractivity contribution in [2.45, 2.75) is 23.1 Å². The van der Waals surface area contributed by atoms with Gasteiger partial charge in [0.25, 0.3) is 20.2 Å². The van der Waals surface area contributed by atoms with E-state index in [2.05, 4.69) is 16.8 Å². The average molecular weight is 549 g/mol. The van der Waals surface area contributed by atoms with Crippen LogP contribution in [0.3, 0.4) is 0 Å². The molecule has 194 valence electrons. The maximum atomic E-state index is 12.3. The Hall–Kier alpha value is -3.84. The molecule has 0 radical (unpaired) electrons. The van der Waals surface area contributed by atoms with Gasteiger partial charge in [0.2, 0.25) is 0 Å². The highest BCUT2D eigenvalue weighted by atomic mass is 32.2. The smallest absolute Gasteiger partial charge is 0.282 e. The predicted molar refractivity (Wildman–Crippen MR) is 149 cm³/mol. The first-order valence-electron chi connectivity index (χ1n) is 11.4. The Bertz CT molecular complexity index is 1780. The molecule has 9 nitrogen and oxygen atoms in total. The molecule has 38 heavy (non-hydrogen) atoms. The highest BCUT2D eigenvalue weighted by Crippen LogP contribution is 2.24. The molecule has 1 aliphatic rings. The van der Waals surface area contributed by atoms with Crippen LogP contribution in [0.4, 0.5) is 0 Å². The third kappa shape index (κ3) is 6.35. The summed E-state index contributed by atoms with van der Waals surface area (Å²) < 4.78 is 67.6. The lowest BCUT2D eigenvalue weighted by Gasteiger charge is -2.08. The standard InChI is InChI=1S/C26H24BN3O6S2/c1-17-3-4-18(2)6-14-24-23(13-5-17)28-30(29-24)22-12-10-20(26(16-22)38(34,35)36)8-7-19-9-11-21(27)15-25(19)37(31,32)33/h3-13,15-16H,1,14,27H2,2H3,(H,31,32,33)(H,34,35,36)/b4-3-,8-7+,13-5-,18-6-. The molecule has 0 unspecified atom stereocenters. The Morgan fingerprint density at radius 1 is 0.895 bits per heavy atom. The number of fused-ring (bicyclic) bond motifs is 1. The lowest BCUT2D eigenvalue weighted by molar-refractivity contribution is 0.480. The fraction of sp³-hybridized carbons (Fsp3) is 0.0769. The molecule has 0 atom stereocenters. The quantitative estimate of drug-likeness (QED) is 0.282. The molecule has 0 spiro atoms. The van der Waals surface area contributed by atoms with Crippen LogP contribution < -0.4 is 5.46 Å². The van der Waals surface area contributed by atoms with Crippen molar-refractivity contribution in [1.29, 1.82) is 0 Å². The van der Waals surface area contributed by atoms with Crippen LogP contribution in [0.25, 0.3) is 23.9 Å². The first kappa shape index (κ1) is 27.2. The van der Waals surface area contributed by atoms with Crippen LogP contribution in [0.15, 0.2) is 88.2 Å². The van der Waals surface area contributed by atoms with Crippen molar-refractivity contribution < 1.29 is 25.9 Å². The molecular formula is C26H24BN3O6S2. The number of rotatable bonds is 5. The summed E-state index contributed by atoms with van der Waals surface area (Å²) in [6.45, 7) is 5.92. The van der Waals surface area contributed by atoms with Crippen LogP contribution in [0.2, 0.25) is 0 Å². The normalized spacial score (nSPS) is 17.6. The Morgan fingerprint density at radius 2 is 1.50 bits per heavy atom. The van der Waals surface area contributed by atoms with Crippen molar-refractivity contribution in [3.8, 4) is 5.69 Å². The van der Waals surface area contributed by atoms with Crippen molar-refractivity contribution in [3.05, 3.63) is 101 Å². The topological polar surface area (TPSA) is 139 Å². The van der Waals surface area contributed by atoms with Gasteiger partial charge in [0.15, 0.2) is 0 Å². The Labute approximate surface area is 222 Å². The summed E-state index contributed by atoms with van der Waals surface area (Å²) in [5.74, 6) is 0. The fourth-order valence-electron chi connectivity index (χ4n) is 3.73. The highest BCUT2D eigenvalue weighted by Gasteiger charge is 2.19. The maximum absolute atomic E-state index is 12.3. The van der Waals surface area contributed by atoms with Crippen molar-refractivity contribution >= 4 is 51.8 Å². The zero-order valence-corrected chi connectivity index (χ0v) is 22.2. The lowest BCUT2D eigenvalue weighted by Crippen LogP contribution is -2.09. The van der Waals surface area contributed by atoms with Crippen LogP contribution in [0.1, 0.15) is 29.4 Å². The lowest BCUT2D eigenvalue weighted by atomic mass is 9.95. The highest BCUT2D eigenvalue weighted by molar-refractivity contribution is 7.86. The predicted octanol–water partition coefficient (Wildman–Crippen LogP) is 2.82. The monoisotopic (exact) mass is 549 g/mol. The molecule has 2 aromatic carbocycles. The van der Waals surface area contributed by atoms with Gasteiger partial charge in [-0.15, -0.1) is 5.10 Å². The van der Waals surface area contributed by atoms with Gasteiger partial charge in [-0.05, 0) is 47.9 Å². The summed E-state index contributed by atoms with van der Waals surface area (Å²) in [5, 5.41) is 9.00. The first-order valence-corrected chi connectivity index (χ1v) is 14.3. The van der Waals surface area contributed by atoms with Gasteiger partial charge in [0.05, 0.1) is 11.4 Å². The van der Waals surface area contributed by atoms with E-state index in [4.69, 9.17) is 0 Å². The van der Waals surface area contributed by atoms with E-state index >= 15 is 0 Å². The molecular weight excluding hydrogens is 525 g/mol. The van der Waals surface area contributed by atoms with Crippen molar-refractivity contribution in [2.75, 3.05) is 0 Å². The Balaban J connectivity index is 1.77. The van der Waals surface area contributed by atoms with Crippen LogP contribution in [-0.4, -0.2) is 48.8 Å².